The van der Waals surface area contributed by atoms with Crippen LogP contribution in [0.2, 0.25) is 0 Å². The second-order valence-corrected chi connectivity index (χ2v) is 7.39. The molecule has 1 amide bonds. The van der Waals surface area contributed by atoms with Crippen LogP contribution in [0.25, 0.3) is 5.52 Å². The zero-order valence-electron chi connectivity index (χ0n) is 15.2. The number of imidazole rings is 1. The molecule has 146 valence electrons. The number of aromatic nitrogens is 6. The summed E-state index contributed by atoms with van der Waals surface area (Å²) >= 11 is 0. The normalized spacial score (nSPS) is 18.9. The lowest BCUT2D eigenvalue weighted by atomic mass is 9.99. The van der Waals surface area contributed by atoms with Crippen LogP contribution < -0.4 is 0 Å². The first-order valence-corrected chi connectivity index (χ1v) is 9.50. The number of fused-ring (bicyclic) bond motifs is 2. The Balaban J connectivity index is 1.44. The van der Waals surface area contributed by atoms with Gasteiger partial charge in [0, 0.05) is 24.6 Å². The van der Waals surface area contributed by atoms with Crippen LogP contribution in [-0.2, 0) is 6.42 Å². The summed E-state index contributed by atoms with van der Waals surface area (Å²) in [5.74, 6) is -0.111. The number of carbonyl (C=O) groups is 1. The lowest BCUT2D eigenvalue weighted by Crippen LogP contribution is -2.41. The Labute approximate surface area is 163 Å². The Bertz CT molecular complexity index is 1240. The SMILES string of the molecule is O=C(c1nnc(C2CC2)o1)N1CCc2[nH]cnc2[C@@H]1c1cc2cccc(F)n2n1. The number of hydrogen-bond acceptors (Lipinski definition) is 6. The fraction of sp³-hybridized carbons (Fsp3) is 0.316. The van der Waals surface area contributed by atoms with E-state index in [1.807, 2.05) is 0 Å². The van der Waals surface area contributed by atoms with Crippen LogP contribution >= 0.6 is 0 Å². The van der Waals surface area contributed by atoms with Gasteiger partial charge in [-0.3, -0.25) is 4.79 Å². The molecular formula is C19H16FN7O2. The van der Waals surface area contributed by atoms with E-state index in [-0.39, 0.29) is 17.7 Å². The predicted molar refractivity (Wildman–Crippen MR) is 96.6 cm³/mol. The zero-order chi connectivity index (χ0) is 19.5. The van der Waals surface area contributed by atoms with Gasteiger partial charge in [0.2, 0.25) is 11.8 Å². The molecular weight excluding hydrogens is 377 g/mol. The molecule has 0 radical (unpaired) electrons. The van der Waals surface area contributed by atoms with E-state index in [4.69, 9.17) is 4.42 Å². The van der Waals surface area contributed by atoms with Gasteiger partial charge in [-0.25, -0.2) is 9.50 Å². The van der Waals surface area contributed by atoms with Crippen LogP contribution in [0, 0.1) is 5.95 Å². The number of amides is 1. The van der Waals surface area contributed by atoms with Gasteiger partial charge in [-0.2, -0.15) is 9.49 Å². The van der Waals surface area contributed by atoms with Gasteiger partial charge < -0.3 is 14.3 Å². The first-order chi connectivity index (χ1) is 14.2. The summed E-state index contributed by atoms with van der Waals surface area (Å²) in [5, 5.41) is 12.4. The van der Waals surface area contributed by atoms with E-state index in [1.54, 1.807) is 29.4 Å². The molecule has 1 fully saturated rings. The predicted octanol–water partition coefficient (Wildman–Crippen LogP) is 2.24. The van der Waals surface area contributed by atoms with Gasteiger partial charge in [0.25, 0.3) is 0 Å². The molecule has 6 rings (SSSR count). The van der Waals surface area contributed by atoms with Crippen molar-refractivity contribution >= 4 is 11.4 Å². The fourth-order valence-electron chi connectivity index (χ4n) is 3.87. The van der Waals surface area contributed by atoms with Crippen LogP contribution in [0.5, 0.6) is 0 Å². The number of nitrogens with one attached hydrogen (secondary N) is 1. The largest absolute Gasteiger partial charge is 0.417 e. The molecule has 2 aliphatic rings. The number of aromatic amines is 1. The number of pyridine rings is 1. The number of H-pyrrole nitrogens is 1. The highest BCUT2D eigenvalue weighted by atomic mass is 19.1. The van der Waals surface area contributed by atoms with E-state index in [0.717, 1.165) is 18.5 Å². The Morgan fingerprint density at radius 3 is 3.00 bits per heavy atom. The zero-order valence-corrected chi connectivity index (χ0v) is 15.2. The highest BCUT2D eigenvalue weighted by molar-refractivity contribution is 5.90. The van der Waals surface area contributed by atoms with Crippen molar-refractivity contribution in [2.24, 2.45) is 0 Å². The van der Waals surface area contributed by atoms with Gasteiger partial charge in [0.15, 0.2) is 0 Å². The number of rotatable bonds is 3. The van der Waals surface area contributed by atoms with Gasteiger partial charge in [0.1, 0.15) is 6.04 Å². The van der Waals surface area contributed by atoms with E-state index in [1.165, 1.54) is 10.6 Å². The Kier molecular flexibility index (Phi) is 3.37. The molecule has 0 unspecified atom stereocenters. The van der Waals surface area contributed by atoms with Crippen molar-refractivity contribution in [3.8, 4) is 0 Å². The molecule has 0 saturated heterocycles. The molecule has 9 nitrogen and oxygen atoms in total. The molecule has 4 aromatic heterocycles. The average molecular weight is 393 g/mol. The molecule has 1 N–H and O–H groups in total. The Morgan fingerprint density at radius 2 is 2.17 bits per heavy atom. The summed E-state index contributed by atoms with van der Waals surface area (Å²) in [5.41, 5.74) is 2.75. The second kappa shape index (κ2) is 5.97. The van der Waals surface area contributed by atoms with Crippen molar-refractivity contribution in [2.45, 2.75) is 31.2 Å². The maximum absolute atomic E-state index is 14.2. The number of carbonyl (C=O) groups excluding carboxylic acids is 1. The first kappa shape index (κ1) is 16.4. The maximum atomic E-state index is 14.2. The second-order valence-electron chi connectivity index (χ2n) is 7.39. The van der Waals surface area contributed by atoms with Gasteiger partial charge in [-0.1, -0.05) is 6.07 Å². The highest BCUT2D eigenvalue weighted by Gasteiger charge is 2.39. The van der Waals surface area contributed by atoms with Crippen molar-refractivity contribution < 1.29 is 13.6 Å². The summed E-state index contributed by atoms with van der Waals surface area (Å²) < 4.78 is 21.0. The standard InChI is InChI=1S/C19H16FN7O2/c20-14-3-1-2-11-8-13(25-27(11)14)16-15-12(21-9-22-15)6-7-26(16)19(28)18-24-23-17(29-18)10-4-5-10/h1-3,8-10,16H,4-7H2,(H,21,22)/t16-/m0/s1. The minimum Gasteiger partial charge on any atom is -0.417 e. The van der Waals surface area contributed by atoms with Crippen molar-refractivity contribution in [1.82, 2.24) is 34.7 Å². The summed E-state index contributed by atoms with van der Waals surface area (Å²) in [6, 6.07) is 5.91. The third kappa shape index (κ3) is 2.55. The van der Waals surface area contributed by atoms with Crippen molar-refractivity contribution in [1.29, 1.82) is 0 Å². The van der Waals surface area contributed by atoms with E-state index in [9.17, 15) is 9.18 Å². The number of nitrogens with zero attached hydrogens (tertiary/aromatic N) is 6. The molecule has 1 saturated carbocycles. The van der Waals surface area contributed by atoms with Crippen LogP contribution in [0.1, 0.15) is 58.5 Å². The smallest absolute Gasteiger partial charge is 0.312 e. The summed E-state index contributed by atoms with van der Waals surface area (Å²) in [4.78, 5) is 22.4. The van der Waals surface area contributed by atoms with E-state index in [2.05, 4.69) is 25.3 Å². The van der Waals surface area contributed by atoms with Gasteiger partial charge in [-0.05, 0) is 31.0 Å². The minimum absolute atomic E-state index is 0.0363. The van der Waals surface area contributed by atoms with Crippen molar-refractivity contribution in [3.63, 3.8) is 0 Å². The molecule has 0 spiro atoms. The van der Waals surface area contributed by atoms with Crippen molar-refractivity contribution in [2.75, 3.05) is 6.54 Å². The number of halogens is 1. The van der Waals surface area contributed by atoms with Crippen LogP contribution in [0.15, 0.2) is 35.0 Å². The van der Waals surface area contributed by atoms with Crippen LogP contribution in [0.4, 0.5) is 4.39 Å². The average Bonchev–Trinajstić information content (AvgIpc) is 3.13. The fourth-order valence-corrected chi connectivity index (χ4v) is 3.87. The molecule has 1 aliphatic carbocycles. The molecule has 0 bridgehead atoms. The topological polar surface area (TPSA) is 105 Å². The van der Waals surface area contributed by atoms with E-state index in [0.29, 0.717) is 35.8 Å². The molecule has 0 aromatic carbocycles. The van der Waals surface area contributed by atoms with E-state index >= 15 is 0 Å². The summed E-state index contributed by atoms with van der Waals surface area (Å²) in [6.45, 7) is 0.427. The molecule has 10 heteroatoms. The molecule has 1 aliphatic heterocycles. The third-order valence-corrected chi connectivity index (χ3v) is 5.48. The molecule has 5 heterocycles. The summed E-state index contributed by atoms with van der Waals surface area (Å²) in [7, 11) is 0. The summed E-state index contributed by atoms with van der Waals surface area (Å²) in [6.07, 6.45) is 4.22. The van der Waals surface area contributed by atoms with Gasteiger partial charge >= 0.3 is 11.8 Å². The van der Waals surface area contributed by atoms with Crippen molar-refractivity contribution in [3.05, 3.63) is 65.4 Å². The Morgan fingerprint density at radius 1 is 1.28 bits per heavy atom. The maximum Gasteiger partial charge on any atom is 0.312 e. The van der Waals surface area contributed by atoms with Gasteiger partial charge in [-0.15, -0.1) is 10.2 Å². The quantitative estimate of drug-likeness (QED) is 0.535. The van der Waals surface area contributed by atoms with Crippen LogP contribution in [0.3, 0.4) is 0 Å². The minimum atomic E-state index is -0.576. The number of hydrogen-bond donors (Lipinski definition) is 1. The van der Waals surface area contributed by atoms with Crippen LogP contribution in [-0.4, -0.2) is 47.1 Å². The molecule has 4 aromatic rings. The monoisotopic (exact) mass is 393 g/mol. The lowest BCUT2D eigenvalue weighted by Gasteiger charge is -2.32. The van der Waals surface area contributed by atoms with E-state index < -0.39 is 12.0 Å². The third-order valence-electron chi connectivity index (χ3n) is 5.48. The highest BCUT2D eigenvalue weighted by Crippen LogP contribution is 2.39. The molecule has 1 atom stereocenters. The Hall–Kier alpha value is -3.56. The van der Waals surface area contributed by atoms with Gasteiger partial charge in [0.05, 0.1) is 23.2 Å². The lowest BCUT2D eigenvalue weighted by molar-refractivity contribution is 0.0644. The first-order valence-electron chi connectivity index (χ1n) is 9.50. The molecule has 29 heavy (non-hydrogen) atoms.